The maximum absolute atomic E-state index is 9.26. The van der Waals surface area contributed by atoms with Crippen LogP contribution in [0, 0.1) is 22.7 Å². The lowest BCUT2D eigenvalue weighted by Crippen LogP contribution is -1.88. The van der Waals surface area contributed by atoms with Crippen molar-refractivity contribution in [3.05, 3.63) is 59.7 Å². The van der Waals surface area contributed by atoms with Gasteiger partial charge in [-0.2, -0.15) is 10.5 Å². The molecule has 4 nitrogen and oxygen atoms in total. The minimum atomic E-state index is -0.240. The van der Waals surface area contributed by atoms with Crippen molar-refractivity contribution in [3.8, 4) is 23.6 Å². The highest BCUT2D eigenvalue weighted by Crippen LogP contribution is 2.23. The standard InChI is InChI=1S/2C9H9NO/c1-7(6-10)8-2-4-9(11)5-3-8;1-7(6-10)8-4-2-3-5-9(8)11/h2*2-5,7,11H,1H3. The zero-order chi connectivity index (χ0) is 16.5. The lowest BCUT2D eigenvalue weighted by Gasteiger charge is -2.03. The van der Waals surface area contributed by atoms with Crippen LogP contribution in [0.2, 0.25) is 0 Å². The number of nitrogens with zero attached hydrogens (tertiary/aromatic N) is 2. The summed E-state index contributed by atoms with van der Waals surface area (Å²) >= 11 is 0. The van der Waals surface area contributed by atoms with Gasteiger partial charge in [0.15, 0.2) is 0 Å². The van der Waals surface area contributed by atoms with Gasteiger partial charge in [0.05, 0.1) is 24.0 Å². The second-order valence-corrected chi connectivity index (χ2v) is 4.85. The van der Waals surface area contributed by atoms with Crippen molar-refractivity contribution in [1.82, 2.24) is 0 Å². The molecule has 0 amide bonds. The van der Waals surface area contributed by atoms with Gasteiger partial charge in [-0.1, -0.05) is 30.3 Å². The summed E-state index contributed by atoms with van der Waals surface area (Å²) in [4.78, 5) is 0. The third-order valence-electron chi connectivity index (χ3n) is 3.18. The Balaban J connectivity index is 0.000000220. The average Bonchev–Trinajstić information content (AvgIpc) is 2.55. The highest BCUT2D eigenvalue weighted by molar-refractivity contribution is 5.37. The van der Waals surface area contributed by atoms with Gasteiger partial charge >= 0.3 is 0 Å². The van der Waals surface area contributed by atoms with Gasteiger partial charge in [-0.05, 0) is 37.6 Å². The Bertz CT molecular complexity index is 681. The molecule has 0 fully saturated rings. The molecular formula is C18H18N2O2. The molecule has 0 aliphatic carbocycles. The van der Waals surface area contributed by atoms with Crippen molar-refractivity contribution >= 4 is 0 Å². The zero-order valence-corrected chi connectivity index (χ0v) is 12.6. The number of aromatic hydroxyl groups is 2. The Hall–Kier alpha value is -2.98. The lowest BCUT2D eigenvalue weighted by molar-refractivity contribution is 0.467. The molecule has 2 N–H and O–H groups in total. The molecule has 0 saturated carbocycles. The van der Waals surface area contributed by atoms with Gasteiger partial charge in [0.1, 0.15) is 11.5 Å². The Morgan fingerprint density at radius 3 is 1.86 bits per heavy atom. The summed E-state index contributed by atoms with van der Waals surface area (Å²) in [6.45, 7) is 3.58. The number of phenolic OH excluding ortho intramolecular Hbond substituents is 2. The third kappa shape index (κ3) is 4.85. The predicted molar refractivity (Wildman–Crippen MR) is 84.3 cm³/mol. The Labute approximate surface area is 130 Å². The Kier molecular flexibility index (Phi) is 6.47. The molecule has 112 valence electrons. The summed E-state index contributed by atoms with van der Waals surface area (Å²) in [5.74, 6) is 0.0900. The van der Waals surface area contributed by atoms with Gasteiger partial charge in [-0.15, -0.1) is 0 Å². The molecule has 0 radical (unpaired) electrons. The van der Waals surface area contributed by atoms with Gasteiger partial charge in [-0.3, -0.25) is 0 Å². The summed E-state index contributed by atoms with van der Waals surface area (Å²) in [5.41, 5.74) is 1.63. The molecule has 0 saturated heterocycles. The van der Waals surface area contributed by atoms with E-state index in [9.17, 15) is 5.11 Å². The maximum Gasteiger partial charge on any atom is 0.120 e. The first kappa shape index (κ1) is 17.1. The molecule has 0 heterocycles. The average molecular weight is 294 g/mol. The fourth-order valence-electron chi connectivity index (χ4n) is 1.76. The van der Waals surface area contributed by atoms with E-state index in [1.54, 1.807) is 49.4 Å². The molecule has 0 aromatic heterocycles. The molecule has 0 bridgehead atoms. The van der Waals surface area contributed by atoms with E-state index in [-0.39, 0.29) is 23.3 Å². The number of benzene rings is 2. The summed E-state index contributed by atoms with van der Waals surface area (Å²) < 4.78 is 0. The van der Waals surface area contributed by atoms with Crippen LogP contribution in [0.3, 0.4) is 0 Å². The first-order valence-electron chi connectivity index (χ1n) is 6.85. The number of rotatable bonds is 2. The zero-order valence-electron chi connectivity index (χ0n) is 12.6. The van der Waals surface area contributed by atoms with Crippen molar-refractivity contribution < 1.29 is 10.2 Å². The predicted octanol–water partition coefficient (Wildman–Crippen LogP) is 4.04. The second kappa shape index (κ2) is 8.34. The first-order chi connectivity index (χ1) is 10.5. The second-order valence-electron chi connectivity index (χ2n) is 4.85. The molecule has 2 unspecified atom stereocenters. The molecule has 2 atom stereocenters. The molecule has 22 heavy (non-hydrogen) atoms. The van der Waals surface area contributed by atoms with E-state index in [1.807, 2.05) is 13.0 Å². The van der Waals surface area contributed by atoms with E-state index < -0.39 is 0 Å². The van der Waals surface area contributed by atoms with Crippen LogP contribution in [0.4, 0.5) is 0 Å². The van der Waals surface area contributed by atoms with E-state index in [0.717, 1.165) is 5.56 Å². The SMILES string of the molecule is CC(C#N)c1ccc(O)cc1.CC(C#N)c1ccccc1O. The number of phenols is 2. The smallest absolute Gasteiger partial charge is 0.120 e. The summed E-state index contributed by atoms with van der Waals surface area (Å²) in [6.07, 6.45) is 0. The van der Waals surface area contributed by atoms with Crippen molar-refractivity contribution in [2.24, 2.45) is 0 Å². The molecule has 2 rings (SSSR count). The van der Waals surface area contributed by atoms with E-state index >= 15 is 0 Å². The van der Waals surface area contributed by atoms with Crippen molar-refractivity contribution in [1.29, 1.82) is 10.5 Å². The van der Waals surface area contributed by atoms with Crippen LogP contribution in [0.25, 0.3) is 0 Å². The van der Waals surface area contributed by atoms with Crippen molar-refractivity contribution in [2.75, 3.05) is 0 Å². The fourth-order valence-corrected chi connectivity index (χ4v) is 1.76. The summed E-state index contributed by atoms with van der Waals surface area (Å²) in [5, 5.41) is 35.3. The topological polar surface area (TPSA) is 88.0 Å². The quantitative estimate of drug-likeness (QED) is 0.875. The molecule has 0 spiro atoms. The van der Waals surface area contributed by atoms with Gasteiger partial charge in [-0.25, -0.2) is 0 Å². The van der Waals surface area contributed by atoms with Crippen molar-refractivity contribution in [2.45, 2.75) is 25.7 Å². The van der Waals surface area contributed by atoms with Crippen LogP contribution in [-0.4, -0.2) is 10.2 Å². The molecule has 0 aliphatic heterocycles. The summed E-state index contributed by atoms with van der Waals surface area (Å²) in [7, 11) is 0. The molecule has 2 aromatic carbocycles. The van der Waals surface area contributed by atoms with Crippen LogP contribution >= 0.6 is 0 Å². The van der Waals surface area contributed by atoms with Crippen LogP contribution in [-0.2, 0) is 0 Å². The van der Waals surface area contributed by atoms with Gasteiger partial charge in [0.2, 0.25) is 0 Å². The normalized spacial score (nSPS) is 12.0. The minimum Gasteiger partial charge on any atom is -0.508 e. The number of para-hydroxylation sites is 1. The van der Waals surface area contributed by atoms with E-state index in [2.05, 4.69) is 12.1 Å². The van der Waals surface area contributed by atoms with Gasteiger partial charge < -0.3 is 10.2 Å². The number of nitriles is 2. The molecular weight excluding hydrogens is 276 g/mol. The Morgan fingerprint density at radius 1 is 0.818 bits per heavy atom. The maximum atomic E-state index is 9.26. The van der Waals surface area contributed by atoms with Gasteiger partial charge in [0, 0.05) is 5.56 Å². The van der Waals surface area contributed by atoms with Crippen LogP contribution in [0.1, 0.15) is 36.8 Å². The van der Waals surface area contributed by atoms with Crippen LogP contribution in [0.15, 0.2) is 48.5 Å². The van der Waals surface area contributed by atoms with E-state index in [4.69, 9.17) is 15.6 Å². The third-order valence-corrected chi connectivity index (χ3v) is 3.18. The Morgan fingerprint density at radius 2 is 1.36 bits per heavy atom. The van der Waals surface area contributed by atoms with Crippen LogP contribution < -0.4 is 0 Å². The molecule has 0 aliphatic rings. The molecule has 4 heteroatoms. The number of hydrogen-bond donors (Lipinski definition) is 2. The minimum absolute atomic E-state index is 0.101. The summed E-state index contributed by atoms with van der Waals surface area (Å²) in [6, 6.07) is 17.7. The molecule has 2 aromatic rings. The monoisotopic (exact) mass is 294 g/mol. The van der Waals surface area contributed by atoms with Crippen molar-refractivity contribution in [3.63, 3.8) is 0 Å². The highest BCUT2D eigenvalue weighted by Gasteiger charge is 2.06. The van der Waals surface area contributed by atoms with Crippen LogP contribution in [0.5, 0.6) is 11.5 Å². The number of hydrogen-bond acceptors (Lipinski definition) is 4. The van der Waals surface area contributed by atoms with E-state index in [1.165, 1.54) is 0 Å². The largest absolute Gasteiger partial charge is 0.508 e. The van der Waals surface area contributed by atoms with Gasteiger partial charge in [0.25, 0.3) is 0 Å². The highest BCUT2D eigenvalue weighted by atomic mass is 16.3. The first-order valence-corrected chi connectivity index (χ1v) is 6.85. The lowest BCUT2D eigenvalue weighted by atomic mass is 10.0. The fraction of sp³-hybridized carbons (Fsp3) is 0.222. The van der Waals surface area contributed by atoms with E-state index in [0.29, 0.717) is 5.56 Å².